The van der Waals surface area contributed by atoms with Gasteiger partial charge in [0, 0.05) is 45.8 Å². The van der Waals surface area contributed by atoms with Crippen LogP contribution >= 0.6 is 0 Å². The molecule has 1 heterocycles. The van der Waals surface area contributed by atoms with Crippen LogP contribution in [-0.2, 0) is 11.3 Å². The van der Waals surface area contributed by atoms with Crippen molar-refractivity contribution in [3.8, 4) is 0 Å². The second kappa shape index (κ2) is 9.11. The Hall–Kier alpha value is -1.50. The number of rotatable bonds is 7. The Morgan fingerprint density at radius 2 is 1.96 bits per heavy atom. The number of aliphatic hydroxyl groups excluding tert-OH is 1. The van der Waals surface area contributed by atoms with Crippen molar-refractivity contribution in [2.45, 2.75) is 26.5 Å². The molecule has 5 nitrogen and oxygen atoms in total. The van der Waals surface area contributed by atoms with Gasteiger partial charge in [0.15, 0.2) is 0 Å². The van der Waals surface area contributed by atoms with Crippen LogP contribution in [0.15, 0.2) is 24.3 Å². The monoisotopic (exact) mass is 337 g/mol. The Bertz CT molecular complexity index is 531. The zero-order chi connectivity index (χ0) is 17.5. The fourth-order valence-electron chi connectivity index (χ4n) is 3.03. The summed E-state index contributed by atoms with van der Waals surface area (Å²) in [6.45, 7) is 9.26. The van der Waals surface area contributed by atoms with Gasteiger partial charge in [0.2, 0.25) is 5.91 Å². The molecule has 0 aliphatic carbocycles. The number of hydrogen-bond donors (Lipinski definition) is 1. The van der Waals surface area contributed by atoms with Gasteiger partial charge in [0.05, 0.1) is 12.6 Å². The Morgan fingerprint density at radius 3 is 2.54 bits per heavy atom. The van der Waals surface area contributed by atoms with E-state index in [1.165, 1.54) is 12.1 Å². The molecule has 0 bridgehead atoms. The first kappa shape index (κ1) is 18.8. The predicted molar refractivity (Wildman–Crippen MR) is 92.1 cm³/mol. The number of β-amino-alcohol motifs (C(OH)–C–C–N with tert-alkyl or cyclic N) is 1. The third-order valence-corrected chi connectivity index (χ3v) is 4.34. The van der Waals surface area contributed by atoms with Gasteiger partial charge in [-0.2, -0.15) is 0 Å². The number of carbonyl (C=O) groups excluding carboxylic acids is 1. The summed E-state index contributed by atoms with van der Waals surface area (Å²) >= 11 is 0. The third kappa shape index (κ3) is 5.85. The van der Waals surface area contributed by atoms with Crippen molar-refractivity contribution in [2.75, 3.05) is 45.8 Å². The van der Waals surface area contributed by atoms with Crippen molar-refractivity contribution < 1.29 is 14.3 Å². The van der Waals surface area contributed by atoms with Crippen LogP contribution in [0.5, 0.6) is 0 Å². The van der Waals surface area contributed by atoms with E-state index in [4.69, 9.17) is 0 Å². The number of likely N-dealkylation sites (N-methyl/N-ethyl adjacent to an activating group) is 1. The van der Waals surface area contributed by atoms with Crippen LogP contribution < -0.4 is 0 Å². The number of piperazine rings is 1. The predicted octanol–water partition coefficient (Wildman–Crippen LogP) is 1.17. The molecule has 1 aromatic rings. The van der Waals surface area contributed by atoms with Gasteiger partial charge >= 0.3 is 0 Å². The SMILES string of the molecule is CCN(Cc1cccc(F)c1)C(=O)CN1CCN(C[C@H](C)O)CC1. The first-order valence-electron chi connectivity index (χ1n) is 8.63. The van der Waals surface area contributed by atoms with Gasteiger partial charge in [-0.1, -0.05) is 12.1 Å². The lowest BCUT2D eigenvalue weighted by atomic mass is 10.2. The zero-order valence-electron chi connectivity index (χ0n) is 14.6. The van der Waals surface area contributed by atoms with E-state index >= 15 is 0 Å². The van der Waals surface area contributed by atoms with Gasteiger partial charge in [0.25, 0.3) is 0 Å². The largest absolute Gasteiger partial charge is 0.392 e. The Labute approximate surface area is 143 Å². The minimum atomic E-state index is -0.319. The van der Waals surface area contributed by atoms with Crippen LogP contribution in [0.4, 0.5) is 4.39 Å². The van der Waals surface area contributed by atoms with Crippen molar-refractivity contribution in [1.82, 2.24) is 14.7 Å². The van der Waals surface area contributed by atoms with Gasteiger partial charge < -0.3 is 10.0 Å². The molecular weight excluding hydrogens is 309 g/mol. The number of nitrogens with zero attached hydrogens (tertiary/aromatic N) is 3. The Balaban J connectivity index is 1.82. The van der Waals surface area contributed by atoms with Crippen LogP contribution in [0.3, 0.4) is 0 Å². The smallest absolute Gasteiger partial charge is 0.237 e. The van der Waals surface area contributed by atoms with Crippen molar-refractivity contribution in [3.63, 3.8) is 0 Å². The highest BCUT2D eigenvalue weighted by Crippen LogP contribution is 2.09. The highest BCUT2D eigenvalue weighted by molar-refractivity contribution is 5.78. The molecule has 1 fully saturated rings. The molecule has 0 radical (unpaired) electrons. The van der Waals surface area contributed by atoms with Gasteiger partial charge in [-0.25, -0.2) is 4.39 Å². The highest BCUT2D eigenvalue weighted by atomic mass is 19.1. The Morgan fingerprint density at radius 1 is 1.29 bits per heavy atom. The zero-order valence-corrected chi connectivity index (χ0v) is 14.6. The maximum atomic E-state index is 13.3. The van der Waals surface area contributed by atoms with Gasteiger partial charge in [-0.3, -0.25) is 14.6 Å². The van der Waals surface area contributed by atoms with Crippen molar-refractivity contribution in [2.24, 2.45) is 0 Å². The third-order valence-electron chi connectivity index (χ3n) is 4.34. The maximum absolute atomic E-state index is 13.3. The van der Waals surface area contributed by atoms with E-state index in [9.17, 15) is 14.3 Å². The average Bonchev–Trinajstić information content (AvgIpc) is 2.54. The molecule has 0 saturated carbocycles. The van der Waals surface area contributed by atoms with Gasteiger partial charge in [-0.05, 0) is 31.5 Å². The fraction of sp³-hybridized carbons (Fsp3) is 0.611. The first-order chi connectivity index (χ1) is 11.5. The molecule has 1 saturated heterocycles. The number of carbonyl (C=O) groups is 1. The Kier molecular flexibility index (Phi) is 7.15. The quantitative estimate of drug-likeness (QED) is 0.811. The van der Waals surface area contributed by atoms with Crippen LogP contribution in [0, 0.1) is 5.82 Å². The lowest BCUT2D eigenvalue weighted by Crippen LogP contribution is -2.51. The summed E-state index contributed by atoms with van der Waals surface area (Å²) < 4.78 is 13.3. The van der Waals surface area contributed by atoms with E-state index in [0.717, 1.165) is 31.7 Å². The van der Waals surface area contributed by atoms with Gasteiger partial charge in [-0.15, -0.1) is 0 Å². The molecule has 2 rings (SSSR count). The molecule has 1 amide bonds. The molecule has 0 spiro atoms. The van der Waals surface area contributed by atoms with Crippen LogP contribution in [0.2, 0.25) is 0 Å². The van der Waals surface area contributed by atoms with Crippen molar-refractivity contribution in [3.05, 3.63) is 35.6 Å². The summed E-state index contributed by atoms with van der Waals surface area (Å²) in [4.78, 5) is 18.7. The number of hydrogen-bond acceptors (Lipinski definition) is 4. The van der Waals surface area contributed by atoms with E-state index < -0.39 is 0 Å². The molecule has 134 valence electrons. The molecule has 6 heteroatoms. The number of benzene rings is 1. The van der Waals surface area contributed by atoms with Crippen LogP contribution in [-0.4, -0.2) is 77.6 Å². The summed E-state index contributed by atoms with van der Waals surface area (Å²) in [6, 6.07) is 6.40. The number of halogens is 1. The van der Waals surface area contributed by atoms with Crippen LogP contribution in [0.1, 0.15) is 19.4 Å². The standard InChI is InChI=1S/C18H28FN3O2/c1-3-22(13-16-5-4-6-17(19)11-16)18(24)14-21-9-7-20(8-10-21)12-15(2)23/h4-6,11,15,23H,3,7-10,12-14H2,1-2H3/t15-/m0/s1. The minimum Gasteiger partial charge on any atom is -0.392 e. The molecule has 1 N–H and O–H groups in total. The number of aliphatic hydroxyl groups is 1. The lowest BCUT2D eigenvalue weighted by molar-refractivity contribution is -0.133. The van der Waals surface area contributed by atoms with E-state index in [1.54, 1.807) is 17.9 Å². The molecular formula is C18H28FN3O2. The first-order valence-corrected chi connectivity index (χ1v) is 8.63. The van der Waals surface area contributed by atoms with E-state index in [1.807, 2.05) is 13.0 Å². The lowest BCUT2D eigenvalue weighted by Gasteiger charge is -2.35. The summed E-state index contributed by atoms with van der Waals surface area (Å²) in [5, 5.41) is 9.44. The van der Waals surface area contributed by atoms with E-state index in [2.05, 4.69) is 9.80 Å². The fourth-order valence-corrected chi connectivity index (χ4v) is 3.03. The molecule has 0 unspecified atom stereocenters. The van der Waals surface area contributed by atoms with Crippen LogP contribution in [0.25, 0.3) is 0 Å². The van der Waals surface area contributed by atoms with Crippen molar-refractivity contribution >= 4 is 5.91 Å². The molecule has 1 atom stereocenters. The van der Waals surface area contributed by atoms with E-state index in [0.29, 0.717) is 26.2 Å². The average molecular weight is 337 g/mol. The normalized spacial score (nSPS) is 17.7. The number of amides is 1. The van der Waals surface area contributed by atoms with Crippen molar-refractivity contribution in [1.29, 1.82) is 0 Å². The summed E-state index contributed by atoms with van der Waals surface area (Å²) in [7, 11) is 0. The molecule has 1 aliphatic heterocycles. The summed E-state index contributed by atoms with van der Waals surface area (Å²) in [6.07, 6.45) is -0.319. The summed E-state index contributed by atoms with van der Waals surface area (Å²) in [5.74, 6) is -0.198. The second-order valence-corrected chi connectivity index (χ2v) is 6.46. The molecule has 24 heavy (non-hydrogen) atoms. The highest BCUT2D eigenvalue weighted by Gasteiger charge is 2.21. The maximum Gasteiger partial charge on any atom is 0.237 e. The van der Waals surface area contributed by atoms with E-state index in [-0.39, 0.29) is 17.8 Å². The molecule has 1 aliphatic rings. The molecule has 1 aromatic carbocycles. The second-order valence-electron chi connectivity index (χ2n) is 6.46. The summed E-state index contributed by atoms with van der Waals surface area (Å²) in [5.41, 5.74) is 0.812. The van der Waals surface area contributed by atoms with Gasteiger partial charge in [0.1, 0.15) is 5.82 Å². The topological polar surface area (TPSA) is 47.0 Å². The minimum absolute atomic E-state index is 0.0748. The molecule has 0 aromatic heterocycles.